The van der Waals surface area contributed by atoms with Crippen molar-refractivity contribution in [3.05, 3.63) is 42.0 Å². The third-order valence-electron chi connectivity index (χ3n) is 5.11. The van der Waals surface area contributed by atoms with E-state index in [0.717, 1.165) is 24.1 Å². The van der Waals surface area contributed by atoms with E-state index in [9.17, 15) is 9.90 Å². The first-order valence-corrected chi connectivity index (χ1v) is 9.06. The number of aromatic nitrogens is 3. The highest BCUT2D eigenvalue weighted by Crippen LogP contribution is 2.28. The summed E-state index contributed by atoms with van der Waals surface area (Å²) in [7, 11) is 0. The summed E-state index contributed by atoms with van der Waals surface area (Å²) in [5, 5.41) is 16.7. The molecule has 0 radical (unpaired) electrons. The van der Waals surface area contributed by atoms with Crippen molar-refractivity contribution in [2.24, 2.45) is 5.92 Å². The molecule has 6 nitrogen and oxygen atoms in total. The average Bonchev–Trinajstić information content (AvgIpc) is 3.16. The average molecular weight is 342 g/mol. The molecule has 2 N–H and O–H groups in total. The van der Waals surface area contributed by atoms with Gasteiger partial charge < -0.3 is 10.4 Å². The summed E-state index contributed by atoms with van der Waals surface area (Å²) in [4.78, 5) is 16.7. The lowest BCUT2D eigenvalue weighted by atomic mass is 9.82. The van der Waals surface area contributed by atoms with E-state index < -0.39 is 0 Å². The van der Waals surface area contributed by atoms with Crippen molar-refractivity contribution >= 4 is 5.91 Å². The van der Waals surface area contributed by atoms with Crippen LogP contribution in [0.2, 0.25) is 0 Å². The van der Waals surface area contributed by atoms with Gasteiger partial charge in [0.2, 0.25) is 0 Å². The minimum Gasteiger partial charge on any atom is -0.396 e. The summed E-state index contributed by atoms with van der Waals surface area (Å²) < 4.78 is 1.67. The molecule has 1 amide bonds. The highest BCUT2D eigenvalue weighted by molar-refractivity contribution is 5.96. The number of aryl methyl sites for hydroxylation is 1. The molecule has 1 unspecified atom stereocenters. The van der Waals surface area contributed by atoms with E-state index in [1.54, 1.807) is 11.0 Å². The van der Waals surface area contributed by atoms with Gasteiger partial charge in [0.1, 0.15) is 12.7 Å². The first kappa shape index (κ1) is 17.6. The van der Waals surface area contributed by atoms with Gasteiger partial charge in [0, 0.05) is 18.2 Å². The Balaban J connectivity index is 1.72. The summed E-state index contributed by atoms with van der Waals surface area (Å²) in [6.45, 7) is 2.03. The van der Waals surface area contributed by atoms with Crippen molar-refractivity contribution in [3.63, 3.8) is 0 Å². The van der Waals surface area contributed by atoms with Crippen LogP contribution in [0.25, 0.3) is 5.69 Å². The highest BCUT2D eigenvalue weighted by Gasteiger charge is 2.25. The van der Waals surface area contributed by atoms with Gasteiger partial charge in [0.05, 0.1) is 5.69 Å². The van der Waals surface area contributed by atoms with Crippen molar-refractivity contribution in [1.82, 2.24) is 20.1 Å². The normalized spacial score (nSPS) is 16.6. The summed E-state index contributed by atoms with van der Waals surface area (Å²) in [6, 6.07) is 5.69. The Hall–Kier alpha value is -2.21. The van der Waals surface area contributed by atoms with Crippen LogP contribution in [0.5, 0.6) is 0 Å². The van der Waals surface area contributed by atoms with Gasteiger partial charge in [-0.05, 0) is 55.9 Å². The number of rotatable bonds is 6. The van der Waals surface area contributed by atoms with Crippen LogP contribution in [-0.2, 0) is 0 Å². The third-order valence-corrected chi connectivity index (χ3v) is 5.11. The lowest BCUT2D eigenvalue weighted by molar-refractivity contribution is 0.0899. The van der Waals surface area contributed by atoms with E-state index in [1.807, 2.05) is 25.1 Å². The molecule has 6 heteroatoms. The van der Waals surface area contributed by atoms with E-state index in [2.05, 4.69) is 15.4 Å². The van der Waals surface area contributed by atoms with Gasteiger partial charge in [-0.2, -0.15) is 5.10 Å². The molecule has 1 heterocycles. The maximum absolute atomic E-state index is 12.8. The minimum atomic E-state index is -0.0633. The van der Waals surface area contributed by atoms with E-state index in [1.165, 1.54) is 25.6 Å². The number of aliphatic hydroxyl groups excluding tert-OH is 1. The quantitative estimate of drug-likeness (QED) is 0.846. The topological polar surface area (TPSA) is 80.0 Å². The number of carbonyl (C=O) groups excluding carboxylic acids is 1. The van der Waals surface area contributed by atoms with Gasteiger partial charge in [0.15, 0.2) is 0 Å². The molecule has 1 aliphatic carbocycles. The maximum Gasteiger partial charge on any atom is 0.251 e. The van der Waals surface area contributed by atoms with E-state index in [-0.39, 0.29) is 18.6 Å². The molecule has 1 aromatic heterocycles. The van der Waals surface area contributed by atoms with Gasteiger partial charge in [-0.15, -0.1) is 0 Å². The molecule has 25 heavy (non-hydrogen) atoms. The Labute approximate surface area is 148 Å². The van der Waals surface area contributed by atoms with Crippen LogP contribution in [0.1, 0.15) is 54.4 Å². The van der Waals surface area contributed by atoms with Crippen molar-refractivity contribution in [1.29, 1.82) is 0 Å². The molecular formula is C19H26N4O2. The van der Waals surface area contributed by atoms with Gasteiger partial charge >= 0.3 is 0 Å². The van der Waals surface area contributed by atoms with E-state index >= 15 is 0 Å². The zero-order chi connectivity index (χ0) is 17.6. The lowest BCUT2D eigenvalue weighted by Crippen LogP contribution is -2.42. The number of hydrogen-bond donors (Lipinski definition) is 2. The number of benzene rings is 1. The van der Waals surface area contributed by atoms with Crippen LogP contribution >= 0.6 is 0 Å². The first-order chi connectivity index (χ1) is 12.2. The predicted molar refractivity (Wildman–Crippen MR) is 95.6 cm³/mol. The van der Waals surface area contributed by atoms with Crippen LogP contribution < -0.4 is 5.32 Å². The van der Waals surface area contributed by atoms with E-state index in [0.29, 0.717) is 17.9 Å². The molecule has 134 valence electrons. The van der Waals surface area contributed by atoms with Crippen molar-refractivity contribution in [2.75, 3.05) is 6.61 Å². The van der Waals surface area contributed by atoms with E-state index in [4.69, 9.17) is 0 Å². The molecule has 0 saturated heterocycles. The van der Waals surface area contributed by atoms with Crippen LogP contribution in [-0.4, -0.2) is 38.4 Å². The standard InChI is InChI=1S/C19H26N4O2/c1-14-11-16(23-13-20-12-21-23)7-8-17(14)19(25)22-18(9-10-24)15-5-3-2-4-6-15/h7-8,11-13,15,18,24H,2-6,9-10H2,1H3,(H,22,25). The zero-order valence-electron chi connectivity index (χ0n) is 14.7. The molecular weight excluding hydrogens is 316 g/mol. The fourth-order valence-corrected chi connectivity index (χ4v) is 3.73. The summed E-state index contributed by atoms with van der Waals surface area (Å²) in [5.41, 5.74) is 2.45. The number of aliphatic hydroxyl groups is 1. The second-order valence-electron chi connectivity index (χ2n) is 6.83. The Morgan fingerprint density at radius 1 is 1.36 bits per heavy atom. The van der Waals surface area contributed by atoms with Crippen molar-refractivity contribution in [3.8, 4) is 5.69 Å². The Morgan fingerprint density at radius 3 is 2.80 bits per heavy atom. The third kappa shape index (κ3) is 4.25. The monoisotopic (exact) mass is 342 g/mol. The van der Waals surface area contributed by atoms with Gasteiger partial charge in [-0.25, -0.2) is 9.67 Å². The van der Waals surface area contributed by atoms with Crippen LogP contribution in [0.4, 0.5) is 0 Å². The van der Waals surface area contributed by atoms with Gasteiger partial charge in [0.25, 0.3) is 5.91 Å². The fraction of sp³-hybridized carbons (Fsp3) is 0.526. The van der Waals surface area contributed by atoms with Crippen LogP contribution in [0, 0.1) is 12.8 Å². The Bertz CT molecular complexity index is 693. The van der Waals surface area contributed by atoms with Gasteiger partial charge in [-0.3, -0.25) is 4.79 Å². The maximum atomic E-state index is 12.8. The number of nitrogens with zero attached hydrogens (tertiary/aromatic N) is 3. The largest absolute Gasteiger partial charge is 0.396 e. The fourth-order valence-electron chi connectivity index (χ4n) is 3.73. The molecule has 0 spiro atoms. The van der Waals surface area contributed by atoms with Gasteiger partial charge in [-0.1, -0.05) is 19.3 Å². The minimum absolute atomic E-state index is 0.0483. The lowest BCUT2D eigenvalue weighted by Gasteiger charge is -2.30. The number of nitrogens with one attached hydrogen (secondary N) is 1. The molecule has 0 aliphatic heterocycles. The number of hydrogen-bond acceptors (Lipinski definition) is 4. The molecule has 1 aromatic carbocycles. The summed E-state index contributed by atoms with van der Waals surface area (Å²) in [5.74, 6) is 0.409. The molecule has 1 aliphatic rings. The first-order valence-electron chi connectivity index (χ1n) is 9.06. The number of carbonyl (C=O) groups is 1. The van der Waals surface area contributed by atoms with Crippen molar-refractivity contribution < 1.29 is 9.90 Å². The zero-order valence-corrected chi connectivity index (χ0v) is 14.7. The Kier molecular flexibility index (Phi) is 5.81. The van der Waals surface area contributed by atoms with Crippen LogP contribution in [0.15, 0.2) is 30.9 Å². The molecule has 3 rings (SSSR count). The molecule has 1 fully saturated rings. The summed E-state index contributed by atoms with van der Waals surface area (Å²) in [6.07, 6.45) is 9.71. The predicted octanol–water partition coefficient (Wildman–Crippen LogP) is 2.64. The van der Waals surface area contributed by atoms with Crippen molar-refractivity contribution in [2.45, 2.75) is 51.5 Å². The molecule has 1 saturated carbocycles. The Morgan fingerprint density at radius 2 is 2.16 bits per heavy atom. The highest BCUT2D eigenvalue weighted by atomic mass is 16.3. The number of amides is 1. The van der Waals surface area contributed by atoms with Crippen LogP contribution in [0.3, 0.4) is 0 Å². The molecule has 2 aromatic rings. The molecule has 0 bridgehead atoms. The second kappa shape index (κ2) is 8.25. The molecule has 1 atom stereocenters. The smallest absolute Gasteiger partial charge is 0.251 e. The SMILES string of the molecule is Cc1cc(-n2cncn2)ccc1C(=O)NC(CCO)C1CCCCC1. The second-order valence-corrected chi connectivity index (χ2v) is 6.83. The summed E-state index contributed by atoms with van der Waals surface area (Å²) >= 11 is 0.